The number of ether oxygens (including phenoxy) is 2. The number of benzene rings is 1. The summed E-state index contributed by atoms with van der Waals surface area (Å²) in [5.74, 6) is 1.93. The number of rotatable bonds is 8. The SMILES string of the molecule is COc1ccc(CN(Cc2cc(=O)n3cc(C)sc3n2)CC(C)C)cc1OC. The van der Waals surface area contributed by atoms with E-state index in [2.05, 4.69) is 18.7 Å². The molecule has 0 radical (unpaired) electrons. The summed E-state index contributed by atoms with van der Waals surface area (Å²) >= 11 is 1.54. The molecule has 1 aromatic carbocycles. The lowest BCUT2D eigenvalue weighted by Crippen LogP contribution is -2.28. The van der Waals surface area contributed by atoms with Gasteiger partial charge in [-0.25, -0.2) is 4.98 Å². The van der Waals surface area contributed by atoms with Crippen molar-refractivity contribution in [1.29, 1.82) is 0 Å². The Bertz CT molecular complexity index is 1010. The molecule has 2 heterocycles. The summed E-state index contributed by atoms with van der Waals surface area (Å²) < 4.78 is 12.4. The van der Waals surface area contributed by atoms with E-state index in [4.69, 9.17) is 14.5 Å². The number of fused-ring (bicyclic) bond motifs is 1. The molecule has 0 amide bonds. The fraction of sp³-hybridized carbons (Fsp3) is 0.429. The average Bonchev–Trinajstić information content (AvgIpc) is 3.01. The van der Waals surface area contributed by atoms with E-state index in [9.17, 15) is 4.79 Å². The van der Waals surface area contributed by atoms with Crippen LogP contribution in [0, 0.1) is 12.8 Å². The van der Waals surface area contributed by atoms with Crippen LogP contribution in [0.2, 0.25) is 0 Å². The van der Waals surface area contributed by atoms with Crippen molar-refractivity contribution in [1.82, 2.24) is 14.3 Å². The second-order valence-electron chi connectivity index (χ2n) is 7.33. The molecule has 0 bridgehead atoms. The predicted molar refractivity (Wildman–Crippen MR) is 113 cm³/mol. The molecule has 0 atom stereocenters. The van der Waals surface area contributed by atoms with Crippen LogP contribution < -0.4 is 15.0 Å². The number of aromatic nitrogens is 2. The predicted octanol–water partition coefficient (Wildman–Crippen LogP) is 3.74. The summed E-state index contributed by atoms with van der Waals surface area (Å²) in [5, 5.41) is 0. The van der Waals surface area contributed by atoms with Crippen molar-refractivity contribution in [3.8, 4) is 11.5 Å². The largest absolute Gasteiger partial charge is 0.493 e. The van der Waals surface area contributed by atoms with Crippen LogP contribution in [-0.2, 0) is 13.1 Å². The van der Waals surface area contributed by atoms with Crippen LogP contribution in [0.15, 0.2) is 35.3 Å². The van der Waals surface area contributed by atoms with Gasteiger partial charge in [0, 0.05) is 36.8 Å². The van der Waals surface area contributed by atoms with E-state index in [0.717, 1.165) is 45.7 Å². The minimum atomic E-state index is -0.0278. The van der Waals surface area contributed by atoms with Crippen LogP contribution in [0.4, 0.5) is 0 Å². The molecule has 0 aliphatic carbocycles. The molecule has 150 valence electrons. The maximum absolute atomic E-state index is 12.4. The van der Waals surface area contributed by atoms with Gasteiger partial charge in [0.2, 0.25) is 0 Å². The highest BCUT2D eigenvalue weighted by Crippen LogP contribution is 2.28. The van der Waals surface area contributed by atoms with E-state index >= 15 is 0 Å². The minimum absolute atomic E-state index is 0.0278. The Morgan fingerprint density at radius 3 is 2.57 bits per heavy atom. The smallest absolute Gasteiger partial charge is 0.258 e. The second-order valence-corrected chi connectivity index (χ2v) is 8.55. The number of nitrogens with zero attached hydrogens (tertiary/aromatic N) is 3. The van der Waals surface area contributed by atoms with Crippen molar-refractivity contribution in [3.63, 3.8) is 0 Å². The number of hydrogen-bond acceptors (Lipinski definition) is 6. The molecule has 0 saturated heterocycles. The maximum atomic E-state index is 12.4. The first-order valence-electron chi connectivity index (χ1n) is 9.31. The van der Waals surface area contributed by atoms with Gasteiger partial charge in [0.15, 0.2) is 16.5 Å². The van der Waals surface area contributed by atoms with Crippen LogP contribution in [0.3, 0.4) is 0 Å². The van der Waals surface area contributed by atoms with Gasteiger partial charge < -0.3 is 9.47 Å². The van der Waals surface area contributed by atoms with Crippen LogP contribution in [0.25, 0.3) is 4.96 Å². The summed E-state index contributed by atoms with van der Waals surface area (Å²) in [7, 11) is 3.28. The Balaban J connectivity index is 1.85. The van der Waals surface area contributed by atoms with E-state index < -0.39 is 0 Å². The van der Waals surface area contributed by atoms with Crippen LogP contribution >= 0.6 is 11.3 Å². The third-order valence-electron chi connectivity index (χ3n) is 4.40. The van der Waals surface area contributed by atoms with Gasteiger partial charge in [-0.2, -0.15) is 0 Å². The quantitative estimate of drug-likeness (QED) is 0.576. The van der Waals surface area contributed by atoms with Gasteiger partial charge in [-0.05, 0) is 30.5 Å². The van der Waals surface area contributed by atoms with Crippen molar-refractivity contribution in [2.75, 3.05) is 20.8 Å². The monoisotopic (exact) mass is 401 g/mol. The number of hydrogen-bond donors (Lipinski definition) is 0. The molecule has 0 fully saturated rings. The molecule has 0 N–H and O–H groups in total. The summed E-state index contributed by atoms with van der Waals surface area (Å²) in [6.07, 6.45) is 1.84. The average molecular weight is 402 g/mol. The molecule has 2 aromatic heterocycles. The van der Waals surface area contributed by atoms with Gasteiger partial charge in [-0.3, -0.25) is 14.1 Å². The summed E-state index contributed by atoms with van der Waals surface area (Å²) in [6.45, 7) is 8.63. The van der Waals surface area contributed by atoms with Gasteiger partial charge in [0.05, 0.1) is 19.9 Å². The second kappa shape index (κ2) is 8.75. The van der Waals surface area contributed by atoms with E-state index in [-0.39, 0.29) is 5.56 Å². The van der Waals surface area contributed by atoms with Crippen molar-refractivity contribution >= 4 is 16.3 Å². The van der Waals surface area contributed by atoms with Crippen molar-refractivity contribution in [3.05, 3.63) is 57.0 Å². The molecule has 3 aromatic rings. The Hall–Kier alpha value is -2.38. The lowest BCUT2D eigenvalue weighted by atomic mass is 10.1. The first-order chi connectivity index (χ1) is 13.4. The molecular weight excluding hydrogens is 374 g/mol. The van der Waals surface area contributed by atoms with Crippen LogP contribution in [-0.4, -0.2) is 35.0 Å². The molecule has 0 saturated carbocycles. The fourth-order valence-corrected chi connectivity index (χ4v) is 4.16. The Morgan fingerprint density at radius 2 is 1.89 bits per heavy atom. The third-order valence-corrected chi connectivity index (χ3v) is 5.30. The van der Waals surface area contributed by atoms with E-state index in [1.54, 1.807) is 24.7 Å². The van der Waals surface area contributed by atoms with Gasteiger partial charge in [0.1, 0.15) is 0 Å². The molecule has 0 aliphatic heterocycles. The summed E-state index contributed by atoms with van der Waals surface area (Å²) in [6, 6.07) is 7.61. The van der Waals surface area contributed by atoms with Gasteiger partial charge >= 0.3 is 0 Å². The zero-order valence-corrected chi connectivity index (χ0v) is 17.9. The molecule has 0 aliphatic rings. The molecule has 0 spiro atoms. The Labute approximate surface area is 169 Å². The zero-order valence-electron chi connectivity index (χ0n) is 17.1. The topological polar surface area (TPSA) is 56.1 Å². The number of thiazole rings is 1. The molecule has 3 rings (SSSR count). The van der Waals surface area contributed by atoms with Crippen LogP contribution in [0.5, 0.6) is 11.5 Å². The van der Waals surface area contributed by atoms with Crippen molar-refractivity contribution < 1.29 is 9.47 Å². The molecule has 0 unspecified atom stereocenters. The van der Waals surface area contributed by atoms with E-state index in [1.165, 1.54) is 11.3 Å². The highest BCUT2D eigenvalue weighted by molar-refractivity contribution is 7.16. The fourth-order valence-electron chi connectivity index (χ4n) is 3.31. The highest BCUT2D eigenvalue weighted by Gasteiger charge is 2.14. The number of aryl methyl sites for hydroxylation is 1. The van der Waals surface area contributed by atoms with E-state index in [0.29, 0.717) is 12.5 Å². The maximum Gasteiger partial charge on any atom is 0.258 e. The van der Waals surface area contributed by atoms with Crippen LogP contribution in [0.1, 0.15) is 30.0 Å². The normalized spacial score (nSPS) is 11.5. The van der Waals surface area contributed by atoms with Gasteiger partial charge in [-0.1, -0.05) is 19.9 Å². The summed E-state index contributed by atoms with van der Waals surface area (Å²) in [5.41, 5.74) is 1.90. The number of methoxy groups -OCH3 is 2. The third kappa shape index (κ3) is 4.72. The summed E-state index contributed by atoms with van der Waals surface area (Å²) in [4.78, 5) is 21.2. The van der Waals surface area contributed by atoms with E-state index in [1.807, 2.05) is 31.3 Å². The minimum Gasteiger partial charge on any atom is -0.493 e. The Morgan fingerprint density at radius 1 is 1.14 bits per heavy atom. The van der Waals surface area contributed by atoms with Crippen molar-refractivity contribution in [2.24, 2.45) is 5.92 Å². The zero-order chi connectivity index (χ0) is 20.3. The molecule has 28 heavy (non-hydrogen) atoms. The lowest BCUT2D eigenvalue weighted by Gasteiger charge is -2.24. The first kappa shape index (κ1) is 20.4. The molecule has 6 nitrogen and oxygen atoms in total. The molecule has 7 heteroatoms. The lowest BCUT2D eigenvalue weighted by molar-refractivity contribution is 0.224. The highest BCUT2D eigenvalue weighted by atomic mass is 32.1. The molecular formula is C21H27N3O3S. The standard InChI is InChI=1S/C21H27N3O3S/c1-14(2)10-23(12-16-6-7-18(26-4)19(8-16)27-5)13-17-9-20(25)24-11-15(3)28-21(24)22-17/h6-9,11,14H,10,12-13H2,1-5H3. The van der Waals surface area contributed by atoms with Gasteiger partial charge in [-0.15, -0.1) is 11.3 Å². The van der Waals surface area contributed by atoms with Gasteiger partial charge in [0.25, 0.3) is 5.56 Å². The van der Waals surface area contributed by atoms with Crippen molar-refractivity contribution in [2.45, 2.75) is 33.9 Å². The Kier molecular flexibility index (Phi) is 6.36. The first-order valence-corrected chi connectivity index (χ1v) is 10.1.